The molecule has 84 valence electrons. The average molecular weight is 225 g/mol. The van der Waals surface area contributed by atoms with E-state index in [1.165, 1.54) is 12.1 Å². The molecule has 1 aromatic heterocycles. The third kappa shape index (κ3) is 1.40. The van der Waals surface area contributed by atoms with Crippen LogP contribution in [0, 0.1) is 5.82 Å². The highest BCUT2D eigenvalue weighted by molar-refractivity contribution is 5.81. The molecule has 1 aliphatic rings. The standard InChI is InChI=1S/C12H10F3N/c13-9-1-2-11-8(5-9)6-10-7-12(14,15)3-4-16(10)11/h1-2,5-6H,3-4,7H2. The molecule has 3 rings (SSSR count). The van der Waals surface area contributed by atoms with Crippen molar-refractivity contribution in [3.05, 3.63) is 35.8 Å². The molecule has 2 aromatic rings. The van der Waals surface area contributed by atoms with Gasteiger partial charge >= 0.3 is 0 Å². The molecule has 4 heteroatoms. The third-order valence-corrected chi connectivity index (χ3v) is 3.09. The Bertz CT molecular complexity index is 557. The molecule has 0 spiro atoms. The van der Waals surface area contributed by atoms with E-state index in [-0.39, 0.29) is 18.7 Å². The maximum Gasteiger partial charge on any atom is 0.255 e. The quantitative estimate of drug-likeness (QED) is 0.647. The van der Waals surface area contributed by atoms with Gasteiger partial charge in [-0.05, 0) is 24.3 Å². The predicted octanol–water partition coefficient (Wildman–Crippen LogP) is 3.36. The second kappa shape index (κ2) is 3.03. The van der Waals surface area contributed by atoms with Gasteiger partial charge in [0.2, 0.25) is 0 Å². The van der Waals surface area contributed by atoms with E-state index in [2.05, 4.69) is 0 Å². The SMILES string of the molecule is Fc1ccc2c(c1)cc1n2CCC(F)(F)C1. The number of aromatic nitrogens is 1. The molecule has 0 atom stereocenters. The summed E-state index contributed by atoms with van der Waals surface area (Å²) in [5.74, 6) is -2.95. The number of alkyl halides is 2. The van der Waals surface area contributed by atoms with Crippen LogP contribution in [0.2, 0.25) is 0 Å². The van der Waals surface area contributed by atoms with Gasteiger partial charge in [-0.3, -0.25) is 0 Å². The Morgan fingerprint density at radius 1 is 1.19 bits per heavy atom. The Labute approximate surface area is 90.5 Å². The van der Waals surface area contributed by atoms with Crippen molar-refractivity contribution in [2.24, 2.45) is 0 Å². The van der Waals surface area contributed by atoms with Gasteiger partial charge in [0.15, 0.2) is 0 Å². The van der Waals surface area contributed by atoms with Crippen LogP contribution in [0.5, 0.6) is 0 Å². The van der Waals surface area contributed by atoms with Gasteiger partial charge in [0, 0.05) is 29.6 Å². The lowest BCUT2D eigenvalue weighted by atomic mass is 10.1. The summed E-state index contributed by atoms with van der Waals surface area (Å²) in [7, 11) is 0. The lowest BCUT2D eigenvalue weighted by Crippen LogP contribution is -2.28. The smallest absolute Gasteiger partial charge is 0.255 e. The van der Waals surface area contributed by atoms with Crippen molar-refractivity contribution in [1.29, 1.82) is 0 Å². The van der Waals surface area contributed by atoms with Crippen molar-refractivity contribution in [3.8, 4) is 0 Å². The maximum absolute atomic E-state index is 13.2. The number of hydrogen-bond donors (Lipinski definition) is 0. The van der Waals surface area contributed by atoms with E-state index in [9.17, 15) is 13.2 Å². The molecular weight excluding hydrogens is 215 g/mol. The number of hydrogen-bond acceptors (Lipinski definition) is 0. The predicted molar refractivity (Wildman–Crippen MR) is 55.2 cm³/mol. The summed E-state index contributed by atoms with van der Waals surface area (Å²) < 4.78 is 41.3. The summed E-state index contributed by atoms with van der Waals surface area (Å²) in [6.07, 6.45) is -0.384. The van der Waals surface area contributed by atoms with Gasteiger partial charge < -0.3 is 4.57 Å². The Balaban J connectivity index is 2.20. The normalized spacial score (nSPS) is 18.7. The zero-order valence-corrected chi connectivity index (χ0v) is 8.51. The summed E-state index contributed by atoms with van der Waals surface area (Å²) in [6.45, 7) is 0.303. The Hall–Kier alpha value is -1.45. The fourth-order valence-electron chi connectivity index (χ4n) is 2.34. The van der Waals surface area contributed by atoms with Crippen molar-refractivity contribution in [2.75, 3.05) is 0 Å². The van der Waals surface area contributed by atoms with Gasteiger partial charge in [-0.2, -0.15) is 0 Å². The minimum atomic E-state index is -2.62. The molecule has 0 bridgehead atoms. The zero-order chi connectivity index (χ0) is 11.3. The molecule has 16 heavy (non-hydrogen) atoms. The van der Waals surface area contributed by atoms with E-state index in [1.807, 2.05) is 4.57 Å². The molecule has 0 unspecified atom stereocenters. The van der Waals surface area contributed by atoms with Crippen LogP contribution in [0.15, 0.2) is 24.3 Å². The Morgan fingerprint density at radius 3 is 2.81 bits per heavy atom. The van der Waals surface area contributed by atoms with Crippen molar-refractivity contribution >= 4 is 10.9 Å². The first kappa shape index (κ1) is 9.75. The first-order valence-corrected chi connectivity index (χ1v) is 5.21. The van der Waals surface area contributed by atoms with Gasteiger partial charge in [-0.25, -0.2) is 13.2 Å². The molecule has 0 radical (unpaired) electrons. The molecule has 0 N–H and O–H groups in total. The Kier molecular flexibility index (Phi) is 1.85. The molecule has 1 aliphatic heterocycles. The monoisotopic (exact) mass is 225 g/mol. The number of halogens is 3. The van der Waals surface area contributed by atoms with Gasteiger partial charge in [0.05, 0.1) is 6.42 Å². The van der Waals surface area contributed by atoms with Crippen LogP contribution in [-0.4, -0.2) is 10.5 Å². The molecule has 0 aliphatic carbocycles. The summed E-state index contributed by atoms with van der Waals surface area (Å²) >= 11 is 0. The van der Waals surface area contributed by atoms with E-state index in [4.69, 9.17) is 0 Å². The molecular formula is C12H10F3N. The third-order valence-electron chi connectivity index (χ3n) is 3.09. The first-order valence-electron chi connectivity index (χ1n) is 5.21. The highest BCUT2D eigenvalue weighted by Gasteiger charge is 2.34. The summed E-state index contributed by atoms with van der Waals surface area (Å²) in [6, 6.07) is 6.06. The summed E-state index contributed by atoms with van der Waals surface area (Å²) in [5.41, 5.74) is 1.43. The van der Waals surface area contributed by atoms with Crippen LogP contribution in [0.3, 0.4) is 0 Å². The number of fused-ring (bicyclic) bond motifs is 3. The largest absolute Gasteiger partial charge is 0.344 e. The number of benzene rings is 1. The topological polar surface area (TPSA) is 4.93 Å². The summed E-state index contributed by atoms with van der Waals surface area (Å²) in [5, 5.41) is 0.702. The number of nitrogens with zero attached hydrogens (tertiary/aromatic N) is 1. The highest BCUT2D eigenvalue weighted by Crippen LogP contribution is 2.33. The van der Waals surface area contributed by atoms with Gasteiger partial charge in [0.25, 0.3) is 5.92 Å². The highest BCUT2D eigenvalue weighted by atomic mass is 19.3. The van der Waals surface area contributed by atoms with E-state index in [0.29, 0.717) is 17.6 Å². The van der Waals surface area contributed by atoms with Crippen LogP contribution in [0.25, 0.3) is 10.9 Å². The number of rotatable bonds is 0. The molecule has 1 aromatic carbocycles. The van der Waals surface area contributed by atoms with Gasteiger partial charge in [-0.1, -0.05) is 0 Å². The molecule has 0 saturated carbocycles. The van der Waals surface area contributed by atoms with Crippen LogP contribution < -0.4 is 0 Å². The molecule has 0 fully saturated rings. The molecule has 0 saturated heterocycles. The van der Waals surface area contributed by atoms with E-state index >= 15 is 0 Å². The maximum atomic E-state index is 13.2. The lowest BCUT2D eigenvalue weighted by molar-refractivity contribution is -0.0219. The molecule has 1 nitrogen and oxygen atoms in total. The fraction of sp³-hybridized carbons (Fsp3) is 0.333. The van der Waals surface area contributed by atoms with Crippen molar-refractivity contribution < 1.29 is 13.2 Å². The minimum absolute atomic E-state index is 0.138. The average Bonchev–Trinajstić information content (AvgIpc) is 2.51. The lowest BCUT2D eigenvalue weighted by Gasteiger charge is -2.24. The van der Waals surface area contributed by atoms with Crippen molar-refractivity contribution in [2.45, 2.75) is 25.3 Å². The molecule has 0 amide bonds. The van der Waals surface area contributed by atoms with Crippen LogP contribution in [-0.2, 0) is 13.0 Å². The minimum Gasteiger partial charge on any atom is -0.344 e. The second-order valence-electron chi connectivity index (χ2n) is 4.27. The van der Waals surface area contributed by atoms with Gasteiger partial charge in [0.1, 0.15) is 5.82 Å². The second-order valence-corrected chi connectivity index (χ2v) is 4.27. The zero-order valence-electron chi connectivity index (χ0n) is 8.51. The van der Waals surface area contributed by atoms with E-state index in [1.54, 1.807) is 12.1 Å². The van der Waals surface area contributed by atoms with Crippen LogP contribution in [0.1, 0.15) is 12.1 Å². The van der Waals surface area contributed by atoms with E-state index < -0.39 is 5.92 Å². The van der Waals surface area contributed by atoms with Crippen LogP contribution >= 0.6 is 0 Å². The van der Waals surface area contributed by atoms with Gasteiger partial charge in [-0.15, -0.1) is 0 Å². The summed E-state index contributed by atoms with van der Waals surface area (Å²) in [4.78, 5) is 0. The first-order chi connectivity index (χ1) is 7.55. The molecule has 2 heterocycles. The van der Waals surface area contributed by atoms with Crippen LogP contribution in [0.4, 0.5) is 13.2 Å². The Morgan fingerprint density at radius 2 is 2.00 bits per heavy atom. The van der Waals surface area contributed by atoms with Crippen molar-refractivity contribution in [1.82, 2.24) is 4.57 Å². The fourth-order valence-corrected chi connectivity index (χ4v) is 2.34. The van der Waals surface area contributed by atoms with E-state index in [0.717, 1.165) is 5.52 Å². The van der Waals surface area contributed by atoms with Crippen molar-refractivity contribution in [3.63, 3.8) is 0 Å². The number of aryl methyl sites for hydroxylation is 1.